The highest BCUT2D eigenvalue weighted by Gasteiger charge is 2.17. The fourth-order valence-electron chi connectivity index (χ4n) is 2.95. The van der Waals surface area contributed by atoms with Crippen molar-refractivity contribution in [2.75, 3.05) is 0 Å². The van der Waals surface area contributed by atoms with Gasteiger partial charge < -0.3 is 5.32 Å². The van der Waals surface area contributed by atoms with Crippen molar-refractivity contribution in [3.05, 3.63) is 57.4 Å². The van der Waals surface area contributed by atoms with E-state index in [0.29, 0.717) is 22.2 Å². The van der Waals surface area contributed by atoms with Gasteiger partial charge in [-0.25, -0.2) is 9.07 Å². The summed E-state index contributed by atoms with van der Waals surface area (Å²) in [4.78, 5) is 24.9. The molecule has 1 unspecified atom stereocenters. The number of aromatic nitrogens is 4. The molecule has 2 aromatic heterocycles. The minimum Gasteiger partial charge on any atom is -0.348 e. The van der Waals surface area contributed by atoms with Gasteiger partial charge in [-0.2, -0.15) is 10.2 Å². The number of amides is 1. The molecule has 8 heteroatoms. The summed E-state index contributed by atoms with van der Waals surface area (Å²) >= 11 is 0. The van der Waals surface area contributed by atoms with Gasteiger partial charge in [0, 0.05) is 18.0 Å². The third-order valence-electron chi connectivity index (χ3n) is 4.33. The number of fused-ring (bicyclic) bond motifs is 1. The lowest BCUT2D eigenvalue weighted by Gasteiger charge is -2.16. The zero-order chi connectivity index (χ0) is 19.0. The maximum absolute atomic E-state index is 14.1. The van der Waals surface area contributed by atoms with Gasteiger partial charge in [-0.15, -0.1) is 0 Å². The zero-order valence-electron chi connectivity index (χ0n) is 15.1. The van der Waals surface area contributed by atoms with Crippen LogP contribution in [0.1, 0.15) is 29.8 Å². The first kappa shape index (κ1) is 17.8. The van der Waals surface area contributed by atoms with Crippen LogP contribution in [-0.2, 0) is 18.4 Å². The molecule has 0 spiro atoms. The van der Waals surface area contributed by atoms with Gasteiger partial charge >= 0.3 is 0 Å². The van der Waals surface area contributed by atoms with Crippen molar-refractivity contribution in [3.8, 4) is 0 Å². The number of nitrogens with one attached hydrogen (secondary N) is 1. The van der Waals surface area contributed by atoms with Crippen molar-refractivity contribution in [3.63, 3.8) is 0 Å². The van der Waals surface area contributed by atoms with Crippen LogP contribution in [0.3, 0.4) is 0 Å². The standard InChI is InChI=1S/C18H20FN5O2/c1-10-5-6-13(15(19)7-10)11(2)21-16(25)9-24-18(26)17-14(12(3)22-24)8-20-23(17)4/h5-8,11H,9H2,1-4H3,(H,21,25). The average Bonchev–Trinajstić information content (AvgIpc) is 2.94. The van der Waals surface area contributed by atoms with Gasteiger partial charge in [-0.1, -0.05) is 12.1 Å². The van der Waals surface area contributed by atoms with E-state index in [4.69, 9.17) is 0 Å². The molecule has 1 N–H and O–H groups in total. The van der Waals surface area contributed by atoms with E-state index in [9.17, 15) is 14.0 Å². The van der Waals surface area contributed by atoms with Gasteiger partial charge in [0.2, 0.25) is 5.91 Å². The zero-order valence-corrected chi connectivity index (χ0v) is 15.1. The molecule has 3 rings (SSSR count). The van der Waals surface area contributed by atoms with Crippen molar-refractivity contribution < 1.29 is 9.18 Å². The van der Waals surface area contributed by atoms with Gasteiger partial charge in [0.05, 0.1) is 17.9 Å². The van der Waals surface area contributed by atoms with Crippen LogP contribution in [0.4, 0.5) is 4.39 Å². The topological polar surface area (TPSA) is 81.8 Å². The van der Waals surface area contributed by atoms with Gasteiger partial charge in [0.1, 0.15) is 17.9 Å². The summed E-state index contributed by atoms with van der Waals surface area (Å²) in [5.41, 5.74) is 1.80. The van der Waals surface area contributed by atoms with E-state index < -0.39 is 17.5 Å². The number of halogens is 1. The van der Waals surface area contributed by atoms with Crippen LogP contribution in [0.15, 0.2) is 29.2 Å². The highest BCUT2D eigenvalue weighted by molar-refractivity contribution is 5.80. The molecule has 0 aliphatic rings. The van der Waals surface area contributed by atoms with E-state index in [1.165, 1.54) is 10.7 Å². The lowest BCUT2D eigenvalue weighted by Crippen LogP contribution is -2.35. The molecule has 136 valence electrons. The van der Waals surface area contributed by atoms with Crippen LogP contribution < -0.4 is 10.9 Å². The molecular weight excluding hydrogens is 337 g/mol. The van der Waals surface area contributed by atoms with Crippen molar-refractivity contribution in [2.45, 2.75) is 33.4 Å². The maximum atomic E-state index is 14.1. The average molecular weight is 357 g/mol. The summed E-state index contributed by atoms with van der Waals surface area (Å²) < 4.78 is 16.6. The Kier molecular flexibility index (Phi) is 4.58. The Morgan fingerprint density at radius 2 is 2.08 bits per heavy atom. The summed E-state index contributed by atoms with van der Waals surface area (Å²) in [6, 6.07) is 4.32. The maximum Gasteiger partial charge on any atom is 0.293 e. The summed E-state index contributed by atoms with van der Waals surface area (Å²) in [5.74, 6) is -0.798. The van der Waals surface area contributed by atoms with Crippen LogP contribution >= 0.6 is 0 Å². The van der Waals surface area contributed by atoms with Gasteiger partial charge in [-0.05, 0) is 32.4 Å². The number of hydrogen-bond acceptors (Lipinski definition) is 4. The molecule has 0 bridgehead atoms. The number of rotatable bonds is 4. The Hall–Kier alpha value is -3.03. The van der Waals surface area contributed by atoms with Crippen LogP contribution in [0.2, 0.25) is 0 Å². The van der Waals surface area contributed by atoms with E-state index in [1.54, 1.807) is 46.1 Å². The summed E-state index contributed by atoms with van der Waals surface area (Å²) in [6.07, 6.45) is 1.58. The highest BCUT2D eigenvalue weighted by atomic mass is 19.1. The van der Waals surface area contributed by atoms with Crippen molar-refractivity contribution in [2.24, 2.45) is 7.05 Å². The molecule has 0 saturated carbocycles. The fourth-order valence-corrected chi connectivity index (χ4v) is 2.95. The van der Waals surface area contributed by atoms with E-state index in [1.807, 2.05) is 0 Å². The van der Waals surface area contributed by atoms with Crippen LogP contribution in [0.25, 0.3) is 10.9 Å². The Bertz CT molecular complexity index is 1050. The predicted molar refractivity (Wildman–Crippen MR) is 95.2 cm³/mol. The number of hydrogen-bond donors (Lipinski definition) is 1. The number of aryl methyl sites for hydroxylation is 3. The Labute approximate surface area is 149 Å². The highest BCUT2D eigenvalue weighted by Crippen LogP contribution is 2.18. The summed E-state index contributed by atoms with van der Waals surface area (Å²) in [5, 5.41) is 11.6. The van der Waals surface area contributed by atoms with Crippen LogP contribution in [0, 0.1) is 19.7 Å². The number of carbonyl (C=O) groups is 1. The number of benzene rings is 1. The second-order valence-corrected chi connectivity index (χ2v) is 6.39. The molecule has 0 saturated heterocycles. The van der Waals surface area contributed by atoms with E-state index in [2.05, 4.69) is 15.5 Å². The molecule has 1 amide bonds. The minimum atomic E-state index is -0.527. The predicted octanol–water partition coefficient (Wildman–Crippen LogP) is 1.76. The van der Waals surface area contributed by atoms with Crippen molar-refractivity contribution in [1.82, 2.24) is 24.9 Å². The molecule has 26 heavy (non-hydrogen) atoms. The lowest BCUT2D eigenvalue weighted by molar-refractivity contribution is -0.122. The SMILES string of the molecule is Cc1ccc(C(C)NC(=O)Cn2nc(C)c3cnn(C)c3c2=O)c(F)c1. The van der Waals surface area contributed by atoms with E-state index in [0.717, 1.165) is 10.2 Å². The second kappa shape index (κ2) is 6.70. The lowest BCUT2D eigenvalue weighted by atomic mass is 10.1. The Morgan fingerprint density at radius 3 is 2.77 bits per heavy atom. The Morgan fingerprint density at radius 1 is 1.35 bits per heavy atom. The van der Waals surface area contributed by atoms with Crippen molar-refractivity contribution in [1.29, 1.82) is 0 Å². The summed E-state index contributed by atoms with van der Waals surface area (Å²) in [7, 11) is 1.66. The number of carbonyl (C=O) groups excluding carboxylic acids is 1. The molecule has 2 heterocycles. The van der Waals surface area contributed by atoms with Gasteiger partial charge in [0.15, 0.2) is 0 Å². The molecule has 1 atom stereocenters. The smallest absolute Gasteiger partial charge is 0.293 e. The first-order chi connectivity index (χ1) is 12.3. The van der Waals surface area contributed by atoms with Crippen molar-refractivity contribution >= 4 is 16.8 Å². The molecule has 0 radical (unpaired) electrons. The van der Waals surface area contributed by atoms with Gasteiger partial charge in [-0.3, -0.25) is 14.3 Å². The summed E-state index contributed by atoms with van der Waals surface area (Å²) in [6.45, 7) is 4.99. The normalized spacial score (nSPS) is 12.3. The van der Waals surface area contributed by atoms with Crippen LogP contribution in [-0.4, -0.2) is 25.5 Å². The monoisotopic (exact) mass is 357 g/mol. The molecule has 0 aliphatic heterocycles. The quantitative estimate of drug-likeness (QED) is 0.771. The largest absolute Gasteiger partial charge is 0.348 e. The fraction of sp³-hybridized carbons (Fsp3) is 0.333. The molecule has 3 aromatic rings. The third-order valence-corrected chi connectivity index (χ3v) is 4.33. The molecule has 1 aromatic carbocycles. The molecule has 0 aliphatic carbocycles. The first-order valence-electron chi connectivity index (χ1n) is 8.22. The Balaban J connectivity index is 1.82. The second-order valence-electron chi connectivity index (χ2n) is 6.39. The van der Waals surface area contributed by atoms with Gasteiger partial charge in [0.25, 0.3) is 5.56 Å². The first-order valence-corrected chi connectivity index (χ1v) is 8.22. The van der Waals surface area contributed by atoms with Crippen LogP contribution in [0.5, 0.6) is 0 Å². The molecular formula is C18H20FN5O2. The molecule has 7 nitrogen and oxygen atoms in total. The minimum absolute atomic E-state index is 0.251. The number of nitrogens with zero attached hydrogens (tertiary/aromatic N) is 4. The van der Waals surface area contributed by atoms with E-state index in [-0.39, 0.29) is 12.4 Å². The molecule has 0 fully saturated rings. The third kappa shape index (κ3) is 3.22. The van der Waals surface area contributed by atoms with E-state index >= 15 is 0 Å².